The van der Waals surface area contributed by atoms with E-state index in [0.717, 1.165) is 43.9 Å². The predicted molar refractivity (Wildman–Crippen MR) is 120 cm³/mol. The standard InChI is InChI=1S/C21H23BrN4OS/c1-12-7-8-16(15(22)10-12)25-20(27)18-14(3)17-19(23-11-24-21(17)28-18)26-9-5-4-6-13(26)2/h7-8,10-11,13H,4-6,9H2,1-3H3,(H,25,27)/t13-/m0/s1. The number of amides is 1. The van der Waals surface area contributed by atoms with Crippen LogP contribution in [0.4, 0.5) is 11.5 Å². The molecule has 1 saturated heterocycles. The second kappa shape index (κ2) is 7.79. The minimum atomic E-state index is -0.109. The third-order valence-electron chi connectivity index (χ3n) is 5.36. The number of aryl methyl sites for hydroxylation is 2. The van der Waals surface area contributed by atoms with E-state index >= 15 is 0 Å². The Bertz CT molecular complexity index is 1050. The van der Waals surface area contributed by atoms with Gasteiger partial charge >= 0.3 is 0 Å². The first-order valence-electron chi connectivity index (χ1n) is 9.54. The van der Waals surface area contributed by atoms with E-state index in [-0.39, 0.29) is 5.91 Å². The Kier molecular flexibility index (Phi) is 5.38. The van der Waals surface area contributed by atoms with Crippen molar-refractivity contribution in [3.05, 3.63) is 45.0 Å². The summed E-state index contributed by atoms with van der Waals surface area (Å²) in [5.41, 5.74) is 2.86. The molecule has 1 N–H and O–H groups in total. The van der Waals surface area contributed by atoms with Crippen molar-refractivity contribution < 1.29 is 4.79 Å². The number of anilines is 2. The highest BCUT2D eigenvalue weighted by atomic mass is 79.9. The van der Waals surface area contributed by atoms with Crippen molar-refractivity contribution in [3.63, 3.8) is 0 Å². The molecule has 0 spiro atoms. The second-order valence-electron chi connectivity index (χ2n) is 7.41. The molecular formula is C21H23BrN4OS. The Hall–Kier alpha value is -1.99. The van der Waals surface area contributed by atoms with E-state index < -0.39 is 0 Å². The average Bonchev–Trinajstić information content (AvgIpc) is 3.01. The molecule has 28 heavy (non-hydrogen) atoms. The Balaban J connectivity index is 1.71. The molecule has 1 aliphatic rings. The highest BCUT2D eigenvalue weighted by molar-refractivity contribution is 9.10. The number of piperidine rings is 1. The minimum absolute atomic E-state index is 0.109. The van der Waals surface area contributed by atoms with Gasteiger partial charge in [0.25, 0.3) is 5.91 Å². The summed E-state index contributed by atoms with van der Waals surface area (Å²) in [5, 5.41) is 4.03. The molecule has 0 unspecified atom stereocenters. The Morgan fingerprint density at radius 3 is 2.86 bits per heavy atom. The number of nitrogens with zero attached hydrogens (tertiary/aromatic N) is 3. The van der Waals surface area contributed by atoms with Gasteiger partial charge in [0.15, 0.2) is 0 Å². The van der Waals surface area contributed by atoms with Gasteiger partial charge in [-0.05, 0) is 79.2 Å². The maximum absolute atomic E-state index is 13.0. The number of nitrogens with one attached hydrogen (secondary N) is 1. The van der Waals surface area contributed by atoms with Crippen molar-refractivity contribution in [2.75, 3.05) is 16.8 Å². The fourth-order valence-corrected chi connectivity index (χ4v) is 5.43. The number of rotatable bonds is 3. The van der Waals surface area contributed by atoms with Crippen LogP contribution in [0.5, 0.6) is 0 Å². The Labute approximate surface area is 177 Å². The number of thiophene rings is 1. The van der Waals surface area contributed by atoms with Crippen molar-refractivity contribution in [3.8, 4) is 0 Å². The maximum Gasteiger partial charge on any atom is 0.266 e. The van der Waals surface area contributed by atoms with E-state index in [9.17, 15) is 4.79 Å². The normalized spacial score (nSPS) is 17.1. The van der Waals surface area contributed by atoms with Crippen LogP contribution in [0.15, 0.2) is 29.0 Å². The molecule has 1 fully saturated rings. The first-order valence-corrected chi connectivity index (χ1v) is 11.1. The van der Waals surface area contributed by atoms with Crippen LogP contribution in [0.3, 0.4) is 0 Å². The second-order valence-corrected chi connectivity index (χ2v) is 9.26. The molecule has 5 nitrogen and oxygen atoms in total. The molecule has 146 valence electrons. The van der Waals surface area contributed by atoms with Crippen LogP contribution in [-0.4, -0.2) is 28.5 Å². The number of halogens is 1. The molecule has 1 aromatic carbocycles. The average molecular weight is 459 g/mol. The number of hydrogen-bond donors (Lipinski definition) is 1. The quantitative estimate of drug-likeness (QED) is 0.546. The molecule has 0 radical (unpaired) electrons. The molecule has 4 rings (SSSR count). The number of carbonyl (C=O) groups excluding carboxylic acids is 1. The van der Waals surface area contributed by atoms with Gasteiger partial charge in [-0.25, -0.2) is 9.97 Å². The summed E-state index contributed by atoms with van der Waals surface area (Å²) in [4.78, 5) is 26.0. The Morgan fingerprint density at radius 2 is 2.11 bits per heavy atom. The summed E-state index contributed by atoms with van der Waals surface area (Å²) in [6.45, 7) is 7.27. The molecule has 2 aromatic heterocycles. The maximum atomic E-state index is 13.0. The summed E-state index contributed by atoms with van der Waals surface area (Å²) >= 11 is 4.97. The number of carbonyl (C=O) groups is 1. The molecule has 0 saturated carbocycles. The molecule has 1 aliphatic heterocycles. The number of benzene rings is 1. The summed E-state index contributed by atoms with van der Waals surface area (Å²) in [6.07, 6.45) is 5.22. The van der Waals surface area contributed by atoms with Crippen LogP contribution in [0.1, 0.15) is 47.0 Å². The van der Waals surface area contributed by atoms with Gasteiger partial charge < -0.3 is 10.2 Å². The number of aromatic nitrogens is 2. The van der Waals surface area contributed by atoms with Crippen LogP contribution < -0.4 is 10.2 Å². The fourth-order valence-electron chi connectivity index (χ4n) is 3.80. The van der Waals surface area contributed by atoms with Crippen molar-refractivity contribution in [2.24, 2.45) is 0 Å². The lowest BCUT2D eigenvalue weighted by molar-refractivity contribution is 0.103. The predicted octanol–water partition coefficient (Wildman–Crippen LogP) is 5.70. The van der Waals surface area contributed by atoms with E-state index in [1.165, 1.54) is 30.6 Å². The highest BCUT2D eigenvalue weighted by Gasteiger charge is 2.26. The number of fused-ring (bicyclic) bond motifs is 1. The Morgan fingerprint density at radius 1 is 1.29 bits per heavy atom. The van der Waals surface area contributed by atoms with Crippen LogP contribution in [0.25, 0.3) is 10.2 Å². The lowest BCUT2D eigenvalue weighted by Gasteiger charge is -2.34. The van der Waals surface area contributed by atoms with Gasteiger partial charge in [-0.3, -0.25) is 4.79 Å². The molecule has 0 bridgehead atoms. The van der Waals surface area contributed by atoms with Gasteiger partial charge in [0.05, 0.1) is 16.0 Å². The summed E-state index contributed by atoms with van der Waals surface area (Å²) in [6, 6.07) is 6.35. The molecule has 7 heteroatoms. The highest BCUT2D eigenvalue weighted by Crippen LogP contribution is 2.37. The molecule has 0 aliphatic carbocycles. The zero-order valence-corrected chi connectivity index (χ0v) is 18.7. The monoisotopic (exact) mass is 458 g/mol. The van der Waals surface area contributed by atoms with Crippen LogP contribution >= 0.6 is 27.3 Å². The lowest BCUT2D eigenvalue weighted by atomic mass is 10.0. The van der Waals surface area contributed by atoms with Gasteiger partial charge in [0, 0.05) is 17.1 Å². The van der Waals surface area contributed by atoms with Gasteiger partial charge in [-0.15, -0.1) is 11.3 Å². The van der Waals surface area contributed by atoms with Crippen molar-refractivity contribution in [1.29, 1.82) is 0 Å². The van der Waals surface area contributed by atoms with Gasteiger partial charge in [-0.1, -0.05) is 6.07 Å². The third-order valence-corrected chi connectivity index (χ3v) is 7.22. The molecule has 3 heterocycles. The summed E-state index contributed by atoms with van der Waals surface area (Å²) in [5.74, 6) is 0.851. The molecular weight excluding hydrogens is 436 g/mol. The number of hydrogen-bond acceptors (Lipinski definition) is 5. The van der Waals surface area contributed by atoms with Crippen molar-refractivity contribution in [1.82, 2.24) is 9.97 Å². The first kappa shape index (κ1) is 19.3. The van der Waals surface area contributed by atoms with Crippen LogP contribution in [0, 0.1) is 13.8 Å². The van der Waals surface area contributed by atoms with Gasteiger partial charge in [0.1, 0.15) is 17.0 Å². The molecule has 3 aromatic rings. The zero-order valence-electron chi connectivity index (χ0n) is 16.3. The van der Waals surface area contributed by atoms with Crippen molar-refractivity contribution in [2.45, 2.75) is 46.1 Å². The minimum Gasteiger partial charge on any atom is -0.353 e. The largest absolute Gasteiger partial charge is 0.353 e. The van der Waals surface area contributed by atoms with Crippen molar-refractivity contribution >= 4 is 54.9 Å². The van der Waals surface area contributed by atoms with E-state index in [2.05, 4.69) is 43.0 Å². The molecule has 1 atom stereocenters. The zero-order chi connectivity index (χ0) is 19.8. The SMILES string of the molecule is Cc1ccc(NC(=O)c2sc3ncnc(N4CCCC[C@@H]4C)c3c2C)c(Br)c1. The lowest BCUT2D eigenvalue weighted by Crippen LogP contribution is -2.38. The summed E-state index contributed by atoms with van der Waals surface area (Å²) in [7, 11) is 0. The van der Waals surface area contributed by atoms with Crippen LogP contribution in [0.2, 0.25) is 0 Å². The smallest absolute Gasteiger partial charge is 0.266 e. The third kappa shape index (κ3) is 3.53. The topological polar surface area (TPSA) is 58.1 Å². The van der Waals surface area contributed by atoms with Crippen LogP contribution in [-0.2, 0) is 0 Å². The van der Waals surface area contributed by atoms with E-state index in [1.54, 1.807) is 6.33 Å². The van der Waals surface area contributed by atoms with E-state index in [0.29, 0.717) is 10.9 Å². The van der Waals surface area contributed by atoms with E-state index in [4.69, 9.17) is 0 Å². The first-order chi connectivity index (χ1) is 13.5. The van der Waals surface area contributed by atoms with Gasteiger partial charge in [0.2, 0.25) is 0 Å². The van der Waals surface area contributed by atoms with E-state index in [1.807, 2.05) is 32.0 Å². The fraction of sp³-hybridized carbons (Fsp3) is 0.381. The van der Waals surface area contributed by atoms with Gasteiger partial charge in [-0.2, -0.15) is 0 Å². The summed E-state index contributed by atoms with van der Waals surface area (Å²) < 4.78 is 0.877. The molecule has 1 amide bonds.